The van der Waals surface area contributed by atoms with Crippen molar-refractivity contribution >= 4 is 16.3 Å². The number of halogens is 1. The number of hydrogen-bond acceptors (Lipinski definition) is 2. The minimum atomic E-state index is 0.0747. The van der Waals surface area contributed by atoms with Crippen LogP contribution in [0.5, 0.6) is 0 Å². The molecule has 0 saturated carbocycles. The van der Waals surface area contributed by atoms with Gasteiger partial charge in [-0.25, -0.2) is 0 Å². The van der Waals surface area contributed by atoms with E-state index in [9.17, 15) is 0 Å². The Balaban J connectivity index is 2.19. The molecule has 0 fully saturated rings. The summed E-state index contributed by atoms with van der Waals surface area (Å²) in [7, 11) is 0. The molecule has 0 atom stereocenters. The minimum Gasteiger partial charge on any atom is -0.394 e. The third-order valence-corrected chi connectivity index (χ3v) is 0.492. The third-order valence-electron chi connectivity index (χ3n) is 0.168. The van der Waals surface area contributed by atoms with E-state index in [1.54, 1.807) is 0 Å². The maximum atomic E-state index is 7.91. The fourth-order valence-electron chi connectivity index (χ4n) is 0.0345. The van der Waals surface area contributed by atoms with Gasteiger partial charge in [-0.2, -0.15) is 0 Å². The summed E-state index contributed by atoms with van der Waals surface area (Å²) in [5.74, 6) is 0. The standard InChI is InChI=1S/C2H5BrO2/c3-5-2-1-4/h4H,1-2H2. The molecule has 1 N–H and O–H groups in total. The summed E-state index contributed by atoms with van der Waals surface area (Å²) in [6.07, 6.45) is 0. The smallest absolute Gasteiger partial charge is 0.0988 e. The van der Waals surface area contributed by atoms with Gasteiger partial charge in [-0.15, -0.1) is 0 Å². The van der Waals surface area contributed by atoms with E-state index in [1.165, 1.54) is 0 Å². The molecule has 0 rings (SSSR count). The van der Waals surface area contributed by atoms with Gasteiger partial charge < -0.3 is 8.93 Å². The lowest BCUT2D eigenvalue weighted by Gasteiger charge is -1.80. The van der Waals surface area contributed by atoms with Crippen molar-refractivity contribution in [3.63, 3.8) is 0 Å². The Bertz CT molecular complexity index is 15.1. The van der Waals surface area contributed by atoms with E-state index >= 15 is 0 Å². The highest BCUT2D eigenvalue weighted by atomic mass is 79.9. The zero-order chi connectivity index (χ0) is 4.12. The van der Waals surface area contributed by atoms with Crippen molar-refractivity contribution in [1.82, 2.24) is 0 Å². The predicted molar refractivity (Wildman–Crippen MR) is 22.0 cm³/mol. The highest BCUT2D eigenvalue weighted by Gasteiger charge is 1.69. The van der Waals surface area contributed by atoms with E-state index < -0.39 is 0 Å². The van der Waals surface area contributed by atoms with Crippen LogP contribution in [0.2, 0.25) is 0 Å². The minimum absolute atomic E-state index is 0.0747. The number of hydrogen-bond donors (Lipinski definition) is 1. The zero-order valence-corrected chi connectivity index (χ0v) is 4.23. The third kappa shape index (κ3) is 4.40. The predicted octanol–water partition coefficient (Wildman–Crippen LogP) is 0.305. The highest BCUT2D eigenvalue weighted by molar-refractivity contribution is 9.06. The molecule has 0 heterocycles. The summed E-state index contributed by atoms with van der Waals surface area (Å²) in [5, 5.41) is 7.91. The van der Waals surface area contributed by atoms with Gasteiger partial charge in [-0.05, 0) is 0 Å². The summed E-state index contributed by atoms with van der Waals surface area (Å²) in [5.41, 5.74) is 0. The van der Waals surface area contributed by atoms with Crippen molar-refractivity contribution in [2.75, 3.05) is 13.2 Å². The van der Waals surface area contributed by atoms with Crippen molar-refractivity contribution < 1.29 is 8.93 Å². The maximum absolute atomic E-state index is 7.91. The van der Waals surface area contributed by atoms with Crippen molar-refractivity contribution in [1.29, 1.82) is 0 Å². The van der Waals surface area contributed by atoms with Crippen molar-refractivity contribution in [3.8, 4) is 0 Å². The van der Waals surface area contributed by atoms with Crippen LogP contribution >= 0.6 is 16.3 Å². The van der Waals surface area contributed by atoms with Crippen LogP contribution in [0.4, 0.5) is 0 Å². The van der Waals surface area contributed by atoms with E-state index in [1.807, 2.05) is 0 Å². The molecule has 0 amide bonds. The highest BCUT2D eigenvalue weighted by Crippen LogP contribution is 1.78. The van der Waals surface area contributed by atoms with E-state index in [0.717, 1.165) is 0 Å². The molecule has 0 aliphatic heterocycles. The lowest BCUT2D eigenvalue weighted by atomic mass is 10.8. The summed E-state index contributed by atoms with van der Waals surface area (Å²) in [6.45, 7) is 0.436. The number of aliphatic hydroxyl groups excluding tert-OH is 1. The molecule has 0 aromatic rings. The zero-order valence-electron chi connectivity index (χ0n) is 2.65. The first-order valence-electron chi connectivity index (χ1n) is 1.26. The van der Waals surface area contributed by atoms with Crippen LogP contribution < -0.4 is 0 Å². The lowest BCUT2D eigenvalue weighted by Crippen LogP contribution is -1.87. The molecular weight excluding hydrogens is 136 g/mol. The Kier molecular flexibility index (Phi) is 4.75. The van der Waals surface area contributed by atoms with E-state index in [2.05, 4.69) is 20.1 Å². The molecule has 0 aromatic heterocycles. The fourth-order valence-corrected chi connectivity index (χ4v) is 0.179. The summed E-state index contributed by atoms with van der Waals surface area (Å²) in [4.78, 5) is 0. The summed E-state index contributed by atoms with van der Waals surface area (Å²) < 4.78 is 4.25. The molecule has 0 aliphatic carbocycles. The largest absolute Gasteiger partial charge is 0.394 e. The molecule has 0 aliphatic rings. The SMILES string of the molecule is OCCOBr. The van der Waals surface area contributed by atoms with Crippen LogP contribution in [-0.2, 0) is 3.83 Å². The van der Waals surface area contributed by atoms with Crippen LogP contribution in [-0.4, -0.2) is 18.3 Å². The van der Waals surface area contributed by atoms with Gasteiger partial charge in [0, 0.05) is 0 Å². The normalized spacial score (nSPS) is 8.40. The number of rotatable bonds is 2. The molecule has 0 unspecified atom stereocenters. The van der Waals surface area contributed by atoms with Gasteiger partial charge in [0.2, 0.25) is 0 Å². The Morgan fingerprint density at radius 1 is 1.80 bits per heavy atom. The van der Waals surface area contributed by atoms with Crippen molar-refractivity contribution in [2.24, 2.45) is 0 Å². The average Bonchev–Trinajstić information content (AvgIpc) is 1.41. The monoisotopic (exact) mass is 140 g/mol. The quantitative estimate of drug-likeness (QED) is 0.599. The Morgan fingerprint density at radius 2 is 2.40 bits per heavy atom. The topological polar surface area (TPSA) is 29.5 Å². The van der Waals surface area contributed by atoms with Crippen LogP contribution in [0.1, 0.15) is 0 Å². The van der Waals surface area contributed by atoms with Crippen molar-refractivity contribution in [2.45, 2.75) is 0 Å². The second-order valence-corrected chi connectivity index (χ2v) is 0.995. The second-order valence-electron chi connectivity index (χ2n) is 0.537. The average molecular weight is 141 g/mol. The van der Waals surface area contributed by atoms with Gasteiger partial charge in [0.15, 0.2) is 0 Å². The van der Waals surface area contributed by atoms with Crippen LogP contribution in [0.3, 0.4) is 0 Å². The van der Waals surface area contributed by atoms with Crippen LogP contribution in [0, 0.1) is 0 Å². The molecule has 0 spiro atoms. The molecular formula is C2H5BrO2. The van der Waals surface area contributed by atoms with E-state index in [-0.39, 0.29) is 6.61 Å². The first kappa shape index (κ1) is 5.40. The molecule has 32 valence electrons. The van der Waals surface area contributed by atoms with Gasteiger partial charge in [-0.1, -0.05) is 0 Å². The molecule has 0 bridgehead atoms. The van der Waals surface area contributed by atoms with Crippen LogP contribution in [0.15, 0.2) is 0 Å². The Morgan fingerprint density at radius 3 is 2.40 bits per heavy atom. The Hall–Kier alpha value is 0.400. The maximum Gasteiger partial charge on any atom is 0.0988 e. The van der Waals surface area contributed by atoms with Gasteiger partial charge in [0.05, 0.1) is 29.5 Å². The van der Waals surface area contributed by atoms with Gasteiger partial charge in [0.25, 0.3) is 0 Å². The molecule has 2 nitrogen and oxygen atoms in total. The van der Waals surface area contributed by atoms with Crippen molar-refractivity contribution in [3.05, 3.63) is 0 Å². The molecule has 0 radical (unpaired) electrons. The van der Waals surface area contributed by atoms with Gasteiger partial charge >= 0.3 is 0 Å². The lowest BCUT2D eigenvalue weighted by molar-refractivity contribution is 0.228. The van der Waals surface area contributed by atoms with Gasteiger partial charge in [0.1, 0.15) is 0 Å². The van der Waals surface area contributed by atoms with Crippen LogP contribution in [0.25, 0.3) is 0 Å². The molecule has 3 heteroatoms. The van der Waals surface area contributed by atoms with Gasteiger partial charge in [-0.3, -0.25) is 0 Å². The molecule has 5 heavy (non-hydrogen) atoms. The number of aliphatic hydroxyl groups is 1. The first-order valence-corrected chi connectivity index (χ1v) is 1.91. The molecule has 0 saturated heterocycles. The Labute approximate surface area is 39.2 Å². The summed E-state index contributed by atoms with van der Waals surface area (Å²) >= 11 is 2.65. The summed E-state index contributed by atoms with van der Waals surface area (Å²) in [6, 6.07) is 0. The molecule has 0 aromatic carbocycles. The van der Waals surface area contributed by atoms with E-state index in [4.69, 9.17) is 5.11 Å². The van der Waals surface area contributed by atoms with E-state index in [0.29, 0.717) is 6.61 Å². The first-order chi connectivity index (χ1) is 2.41. The second kappa shape index (κ2) is 4.40. The fraction of sp³-hybridized carbons (Fsp3) is 1.00.